The van der Waals surface area contributed by atoms with Gasteiger partial charge in [-0.15, -0.1) is 11.3 Å². The van der Waals surface area contributed by atoms with Crippen LogP contribution in [0.15, 0.2) is 53.9 Å². The summed E-state index contributed by atoms with van der Waals surface area (Å²) in [4.78, 5) is 12.8. The molecule has 7 heteroatoms. The topological polar surface area (TPSA) is 38.3 Å². The van der Waals surface area contributed by atoms with E-state index in [4.69, 9.17) is 27.9 Å². The van der Waals surface area contributed by atoms with E-state index in [0.717, 1.165) is 5.56 Å². The van der Waals surface area contributed by atoms with Gasteiger partial charge in [0.2, 0.25) is 0 Å². The molecule has 3 aromatic rings. The molecule has 1 heterocycles. The second-order valence-corrected chi connectivity index (χ2v) is 6.96. The molecule has 0 fully saturated rings. The third-order valence-electron chi connectivity index (χ3n) is 3.20. The Labute approximate surface area is 158 Å². The minimum absolute atomic E-state index is 0.246. The van der Waals surface area contributed by atoms with Crippen LogP contribution in [-0.2, 0) is 6.61 Å². The standard InChI is InChI=1S/C18H12Cl2FNO2S/c19-12-5-13(20)7-15(6-12)22-18(23)17-4-11(10-25-17)9-24-16-3-1-2-14(21)8-16/h1-8,10H,9H2,(H,22,23). The molecule has 1 amide bonds. The number of thiophene rings is 1. The van der Waals surface area contributed by atoms with E-state index in [0.29, 0.717) is 26.4 Å². The van der Waals surface area contributed by atoms with Gasteiger partial charge in [-0.1, -0.05) is 29.3 Å². The highest BCUT2D eigenvalue weighted by molar-refractivity contribution is 7.12. The maximum Gasteiger partial charge on any atom is 0.265 e. The number of benzene rings is 2. The lowest BCUT2D eigenvalue weighted by atomic mass is 10.3. The van der Waals surface area contributed by atoms with Crippen LogP contribution in [0, 0.1) is 5.82 Å². The van der Waals surface area contributed by atoms with Crippen molar-refractivity contribution in [2.24, 2.45) is 0 Å². The van der Waals surface area contributed by atoms with Gasteiger partial charge >= 0.3 is 0 Å². The van der Waals surface area contributed by atoms with Gasteiger partial charge in [0.05, 0.1) is 4.88 Å². The van der Waals surface area contributed by atoms with Crippen LogP contribution in [0.2, 0.25) is 10.0 Å². The summed E-state index contributed by atoms with van der Waals surface area (Å²) in [6.45, 7) is 0.246. The van der Waals surface area contributed by atoms with E-state index in [1.807, 2.05) is 5.38 Å². The summed E-state index contributed by atoms with van der Waals surface area (Å²) < 4.78 is 18.6. The fraction of sp³-hybridized carbons (Fsp3) is 0.0556. The Hall–Kier alpha value is -2.08. The first-order chi connectivity index (χ1) is 12.0. The maximum atomic E-state index is 13.1. The molecule has 1 N–H and O–H groups in total. The van der Waals surface area contributed by atoms with Crippen LogP contribution in [-0.4, -0.2) is 5.91 Å². The van der Waals surface area contributed by atoms with Crippen LogP contribution in [0.25, 0.3) is 0 Å². The van der Waals surface area contributed by atoms with Crippen LogP contribution < -0.4 is 10.1 Å². The second kappa shape index (κ2) is 7.87. The summed E-state index contributed by atoms with van der Waals surface area (Å²) in [6.07, 6.45) is 0. The van der Waals surface area contributed by atoms with E-state index in [1.165, 1.54) is 23.5 Å². The molecular weight excluding hydrogens is 384 g/mol. The van der Waals surface area contributed by atoms with Gasteiger partial charge in [-0.05, 0) is 41.8 Å². The molecule has 0 aliphatic rings. The summed E-state index contributed by atoms with van der Waals surface area (Å²) in [7, 11) is 0. The Bertz CT molecular complexity index is 893. The maximum absolute atomic E-state index is 13.1. The summed E-state index contributed by atoms with van der Waals surface area (Å²) in [6, 6.07) is 12.5. The zero-order valence-electron chi connectivity index (χ0n) is 12.8. The van der Waals surface area contributed by atoms with Crippen molar-refractivity contribution in [3.63, 3.8) is 0 Å². The molecule has 25 heavy (non-hydrogen) atoms. The van der Waals surface area contributed by atoms with Crippen molar-refractivity contribution in [2.45, 2.75) is 6.61 Å². The van der Waals surface area contributed by atoms with Crippen molar-refractivity contribution in [2.75, 3.05) is 5.32 Å². The molecule has 0 spiro atoms. The van der Waals surface area contributed by atoms with E-state index in [9.17, 15) is 9.18 Å². The zero-order chi connectivity index (χ0) is 17.8. The zero-order valence-corrected chi connectivity index (χ0v) is 15.1. The van der Waals surface area contributed by atoms with Crippen molar-refractivity contribution in [1.82, 2.24) is 0 Å². The van der Waals surface area contributed by atoms with Gasteiger partial charge in [0.25, 0.3) is 5.91 Å². The largest absolute Gasteiger partial charge is 0.489 e. The molecule has 3 nitrogen and oxygen atoms in total. The minimum atomic E-state index is -0.358. The highest BCUT2D eigenvalue weighted by atomic mass is 35.5. The molecule has 0 aliphatic heterocycles. The monoisotopic (exact) mass is 395 g/mol. The number of rotatable bonds is 5. The number of halogens is 3. The fourth-order valence-corrected chi connectivity index (χ4v) is 3.43. The van der Waals surface area contributed by atoms with Crippen LogP contribution in [0.4, 0.5) is 10.1 Å². The lowest BCUT2D eigenvalue weighted by Gasteiger charge is -2.05. The molecule has 1 aromatic heterocycles. The number of carbonyl (C=O) groups is 1. The number of nitrogens with one attached hydrogen (secondary N) is 1. The smallest absolute Gasteiger partial charge is 0.265 e. The number of amides is 1. The summed E-state index contributed by atoms with van der Waals surface area (Å²) in [5.74, 6) is -0.186. The van der Waals surface area contributed by atoms with Crippen LogP contribution >= 0.6 is 34.5 Å². The average Bonchev–Trinajstić information content (AvgIpc) is 3.01. The molecule has 0 radical (unpaired) electrons. The van der Waals surface area contributed by atoms with Gasteiger partial charge in [-0.3, -0.25) is 4.79 Å². The first kappa shape index (κ1) is 17.7. The molecule has 3 rings (SSSR count). The molecular formula is C18H12Cl2FNO2S. The van der Waals surface area contributed by atoms with Crippen molar-refractivity contribution in [3.8, 4) is 5.75 Å². The van der Waals surface area contributed by atoms with Gasteiger partial charge in [0.15, 0.2) is 0 Å². The first-order valence-electron chi connectivity index (χ1n) is 7.23. The lowest BCUT2D eigenvalue weighted by Crippen LogP contribution is -2.10. The van der Waals surface area contributed by atoms with Gasteiger partial charge < -0.3 is 10.1 Å². The Morgan fingerprint density at radius 1 is 1.12 bits per heavy atom. The molecule has 2 aromatic carbocycles. The molecule has 0 unspecified atom stereocenters. The summed E-state index contributed by atoms with van der Waals surface area (Å²) in [5, 5.41) is 5.45. The molecule has 0 atom stereocenters. The predicted octanol–water partition coefficient (Wildman–Crippen LogP) is 6.03. The third-order valence-corrected chi connectivity index (χ3v) is 4.61. The fourth-order valence-electron chi connectivity index (χ4n) is 2.11. The summed E-state index contributed by atoms with van der Waals surface area (Å²) in [5.41, 5.74) is 1.34. The van der Waals surface area contributed by atoms with Crippen LogP contribution in [0.3, 0.4) is 0 Å². The molecule has 0 bridgehead atoms. The molecule has 0 aliphatic carbocycles. The van der Waals surface area contributed by atoms with Crippen molar-refractivity contribution in [1.29, 1.82) is 0 Å². The van der Waals surface area contributed by atoms with E-state index >= 15 is 0 Å². The van der Waals surface area contributed by atoms with E-state index in [1.54, 1.807) is 36.4 Å². The van der Waals surface area contributed by atoms with Crippen molar-refractivity contribution >= 4 is 46.1 Å². The van der Waals surface area contributed by atoms with E-state index in [-0.39, 0.29) is 18.3 Å². The van der Waals surface area contributed by atoms with Gasteiger partial charge in [-0.25, -0.2) is 4.39 Å². The Morgan fingerprint density at radius 3 is 2.60 bits per heavy atom. The average molecular weight is 396 g/mol. The van der Waals surface area contributed by atoms with Gasteiger partial charge in [0.1, 0.15) is 18.2 Å². The van der Waals surface area contributed by atoms with Gasteiger partial charge in [0, 0.05) is 27.4 Å². The second-order valence-electron chi connectivity index (χ2n) is 5.18. The Balaban J connectivity index is 1.63. The Morgan fingerprint density at radius 2 is 1.88 bits per heavy atom. The molecule has 128 valence electrons. The lowest BCUT2D eigenvalue weighted by molar-refractivity contribution is 0.103. The number of hydrogen-bond acceptors (Lipinski definition) is 3. The summed E-state index contributed by atoms with van der Waals surface area (Å²) >= 11 is 13.1. The number of carbonyl (C=O) groups excluding carboxylic acids is 1. The van der Waals surface area contributed by atoms with Crippen molar-refractivity contribution in [3.05, 3.63) is 80.2 Å². The third kappa shape index (κ3) is 4.95. The number of ether oxygens (including phenoxy) is 1. The number of hydrogen-bond donors (Lipinski definition) is 1. The normalized spacial score (nSPS) is 10.5. The highest BCUT2D eigenvalue weighted by Crippen LogP contribution is 2.24. The SMILES string of the molecule is O=C(Nc1cc(Cl)cc(Cl)c1)c1cc(COc2cccc(F)c2)cs1. The minimum Gasteiger partial charge on any atom is -0.489 e. The van der Waals surface area contributed by atoms with Crippen LogP contribution in [0.1, 0.15) is 15.2 Å². The first-order valence-corrected chi connectivity index (χ1v) is 8.86. The van der Waals surface area contributed by atoms with Crippen LogP contribution in [0.5, 0.6) is 5.75 Å². The predicted molar refractivity (Wildman–Crippen MR) is 99.5 cm³/mol. The Kier molecular flexibility index (Phi) is 5.58. The van der Waals surface area contributed by atoms with Gasteiger partial charge in [-0.2, -0.15) is 0 Å². The quantitative estimate of drug-likeness (QED) is 0.572. The highest BCUT2D eigenvalue weighted by Gasteiger charge is 2.11. The number of anilines is 1. The molecule has 0 saturated heterocycles. The van der Waals surface area contributed by atoms with Crippen molar-refractivity contribution < 1.29 is 13.9 Å². The van der Waals surface area contributed by atoms with E-state index < -0.39 is 0 Å². The molecule has 0 saturated carbocycles. The van der Waals surface area contributed by atoms with E-state index in [2.05, 4.69) is 5.32 Å².